The Morgan fingerprint density at radius 2 is 0.176 bits per heavy atom. The summed E-state index contributed by atoms with van der Waals surface area (Å²) in [6.45, 7) is 0. The van der Waals surface area contributed by atoms with Gasteiger partial charge in [-0.05, 0) is 748 Å². The van der Waals surface area contributed by atoms with Crippen LogP contribution in [-0.2, 0) is 909 Å². The summed E-state index contributed by atoms with van der Waals surface area (Å²) in [4.78, 5) is 0. The van der Waals surface area contributed by atoms with Gasteiger partial charge in [0.25, 0.3) is 0 Å². The summed E-state index contributed by atoms with van der Waals surface area (Å²) in [5.41, 5.74) is 0. The van der Waals surface area contributed by atoms with Crippen molar-refractivity contribution < 1.29 is 0 Å². The molecule has 102 heavy (non-hydrogen) atoms. The molecule has 0 aromatic heterocycles. The molecule has 0 spiro atoms. The summed E-state index contributed by atoms with van der Waals surface area (Å²) in [7, 11) is 0.706. The van der Waals surface area contributed by atoms with E-state index in [1.807, 2.05) is 0 Å². The van der Waals surface area contributed by atoms with Gasteiger partial charge in [-0.3, -0.25) is 0 Å². The minimum absolute atomic E-state index is 0.706. The maximum atomic E-state index is 6.24. The summed E-state index contributed by atoms with van der Waals surface area (Å²) < 4.78 is -2.77. The summed E-state index contributed by atoms with van der Waals surface area (Å²) >= 11 is 408. The molecule has 102 heteroatoms. The molecule has 0 heterocycles. The van der Waals surface area contributed by atoms with Crippen molar-refractivity contribution in [1.82, 2.24) is 0 Å². The molecule has 0 bridgehead atoms. The molecular weight excluding hydrogens is 3370 g/mol. The van der Waals surface area contributed by atoms with Crippen LogP contribution in [0.2, 0.25) is 0 Å². The molecule has 0 fully saturated rings. The number of halogens is 1. The predicted octanol–water partition coefficient (Wildman–Crippen LogP) is 1.68. The summed E-state index contributed by atoms with van der Waals surface area (Å²) in [5.74, 6) is 0. The molecule has 0 amide bonds. The second-order valence-corrected chi connectivity index (χ2v) is 372. The van der Waals surface area contributed by atoms with Crippen molar-refractivity contribution in [2.45, 2.75) is 0 Å². The highest BCUT2D eigenvalue weighted by atomic mass is 127. The smallest absolute Gasteiger partial charge is 0.0451 e. The summed E-state index contributed by atoms with van der Waals surface area (Å²) in [6, 6.07) is 0. The monoisotopic (exact) mass is 3360 g/mol. The predicted molar refractivity (Wildman–Crippen MR) is 760 cm³/mol. The molecule has 0 aromatic carbocycles. The number of rotatable bonds is 33. The van der Waals surface area contributed by atoms with Crippen molar-refractivity contribution in [2.75, 3.05) is 0 Å². The molecule has 0 N–H and O–H groups in total. The first-order chi connectivity index (χ1) is 42.6. The van der Waals surface area contributed by atoms with Crippen LogP contribution in [0.25, 0.3) is 0 Å². The Hall–Kier alpha value is 27.5. The van der Waals surface area contributed by atoms with Crippen molar-refractivity contribution >= 4 is 951 Å². The molecule has 0 atom stereocenters. The quantitative estimate of drug-likeness (QED) is 0.0439. The van der Waals surface area contributed by atoms with Crippen LogP contribution in [0.5, 0.6) is 0 Å². The molecule has 0 unspecified atom stereocenters. The number of thiol groups is 1. The topological polar surface area (TPSA) is 0 Å². The van der Waals surface area contributed by atoms with Crippen LogP contribution in [0.15, 0.2) is 0 Å². The van der Waals surface area contributed by atoms with Gasteiger partial charge in [-0.2, -0.15) is 0 Å². The van der Waals surface area contributed by atoms with Gasteiger partial charge in [0.05, 0.1) is 0 Å². The molecular formula is HIS101. The third kappa shape index (κ3) is 20.1. The molecule has 0 nitrogen and oxygen atoms in total. The van der Waals surface area contributed by atoms with E-state index in [1.54, 1.807) is 21.2 Å². The Bertz CT molecular complexity index is 8030. The van der Waals surface area contributed by atoms with Gasteiger partial charge in [0.2, 0.25) is 0 Å². The fraction of sp³-hybridized carbons (Fsp3) is 0. The fourth-order valence-electron chi connectivity index (χ4n) is 3.20. The largest absolute Gasteiger partial charge is 0.0983 e. The Balaban J connectivity index is 8.85. The second kappa shape index (κ2) is 40.7. The molecule has 0 saturated heterocycles. The van der Waals surface area contributed by atoms with E-state index >= 15 is 0 Å². The van der Waals surface area contributed by atoms with E-state index in [4.69, 9.17) is 738 Å². The van der Waals surface area contributed by atoms with E-state index in [9.17, 15) is 0 Å². The Morgan fingerprint density at radius 1 is 0.118 bits per heavy atom. The Labute approximate surface area is 921 Å². The normalized spacial score (nSPS) is 17.0. The minimum atomic E-state index is -4.22. The van der Waals surface area contributed by atoms with E-state index < -0.39 is 170 Å². The third-order valence-corrected chi connectivity index (χ3v) is 663. The zero-order valence-corrected chi connectivity index (χ0v) is 126. The highest BCUT2D eigenvalue weighted by Crippen LogP contribution is 2.47. The van der Waals surface area contributed by atoms with Crippen LogP contribution in [-0.4, -0.2) is 0 Å². The van der Waals surface area contributed by atoms with Gasteiger partial charge in [0, 0.05) is 191 Å². The van der Waals surface area contributed by atoms with E-state index in [0.29, 0.717) is 9.83 Å². The minimum Gasteiger partial charge on any atom is -0.0983 e. The maximum absolute atomic E-state index is 6.24. The van der Waals surface area contributed by atoms with Gasteiger partial charge in [-0.25, -0.2) is 0 Å². The van der Waals surface area contributed by atoms with Crippen LogP contribution < -0.4 is 0 Å². The van der Waals surface area contributed by atoms with E-state index in [-0.39, 0.29) is 0 Å². The lowest BCUT2D eigenvalue weighted by Crippen LogP contribution is -2.41. The van der Waals surface area contributed by atoms with Gasteiger partial charge < -0.3 is 0 Å². The van der Waals surface area contributed by atoms with Crippen molar-refractivity contribution in [2.24, 2.45) is 0 Å². The molecule has 0 aliphatic heterocycles. The lowest BCUT2D eigenvalue weighted by atomic mass is 29.7. The first kappa shape index (κ1) is 130. The molecule has 0 saturated carbocycles. The van der Waals surface area contributed by atoms with Crippen molar-refractivity contribution in [1.29, 1.82) is 0 Å². The molecule has 0 aliphatic rings. The van der Waals surface area contributed by atoms with Gasteiger partial charge in [-0.15, -0.1) is 0 Å². The van der Waals surface area contributed by atoms with Crippen LogP contribution in [0.4, 0.5) is 0 Å². The Morgan fingerprint density at radius 3 is 0.235 bits per heavy atom. The van der Waals surface area contributed by atoms with E-state index in [2.05, 4.69) is 11.7 Å². The molecule has 0 aromatic rings. The Kier molecular flexibility index (Phi) is 51.7. The molecule has 614 valence electrons. The average Bonchev–Trinajstić information content (AvgIpc) is 0.680. The highest BCUT2D eigenvalue weighted by Gasteiger charge is 2.51. The average molecular weight is 3370 g/mol. The van der Waals surface area contributed by atoms with Gasteiger partial charge in [-0.1, -0.05) is 11.7 Å². The van der Waals surface area contributed by atoms with Crippen molar-refractivity contribution in [3.05, 3.63) is 0 Å². The second-order valence-electron chi connectivity index (χ2n) is 13.5. The molecule has 0 radical (unpaired) electrons. The van der Waals surface area contributed by atoms with Crippen LogP contribution in [0, 0.1) is 0 Å². The number of hydrogen-bond donors (Lipinski definition) is 1. The van der Waals surface area contributed by atoms with Crippen molar-refractivity contribution in [3.63, 3.8) is 0 Å². The van der Waals surface area contributed by atoms with Crippen LogP contribution in [0.3, 0.4) is 0 Å². The van der Waals surface area contributed by atoms with Crippen LogP contribution in [0.1, 0.15) is 0 Å². The highest BCUT2D eigenvalue weighted by molar-refractivity contribution is 14.2. The lowest BCUT2D eigenvalue weighted by Gasteiger charge is -2.37. The van der Waals surface area contributed by atoms with Crippen molar-refractivity contribution in [3.8, 4) is 0 Å². The summed E-state index contributed by atoms with van der Waals surface area (Å²) in [5, 5.41) is -127. The van der Waals surface area contributed by atoms with Crippen LogP contribution >= 0.6 is 42.7 Å². The lowest BCUT2D eigenvalue weighted by molar-refractivity contribution is 4.96. The van der Waals surface area contributed by atoms with Gasteiger partial charge in [0.1, 0.15) is 0 Å². The first-order valence-electron chi connectivity index (χ1n) is 16.8. The maximum Gasteiger partial charge on any atom is 0.0451 e. The standard InChI is InChI=1S/HIS101/c1-70(3,4)72(7,8)74(11,12)76(15,16)78(19,20)80(23,24)82(27,28)84(31,32)86(35,36)88(39,40)90(43,44)92(47,48)94(51,52)96(55,56)98(59,60)100(63,64)102(67,68)101(65,66)99(61,62)97(57,58)95(53,54)93(49,50)91(45,46)89(41,42)87(37,38)85(33,34)83(29,30)81(25,26)79(21,22)77(17,18)75(13,14)73(9,10)71(5,6)69-2/h2H. The fourth-order valence-corrected chi connectivity index (χ4v) is 787. The van der Waals surface area contributed by atoms with E-state index in [0.717, 1.165) is 0 Å². The van der Waals surface area contributed by atoms with Gasteiger partial charge in [0.15, 0.2) is 0 Å². The zero-order valence-electron chi connectivity index (χ0n) is 41.7. The van der Waals surface area contributed by atoms with Gasteiger partial charge >= 0.3 is 0 Å². The van der Waals surface area contributed by atoms with E-state index in [1.165, 1.54) is 0 Å². The third-order valence-electron chi connectivity index (χ3n) is 8.09. The molecule has 0 rings (SSSR count). The summed E-state index contributed by atoms with van der Waals surface area (Å²) in [6.07, 6.45) is 0. The molecule has 0 aliphatic carbocycles. The number of hydrogen-bond acceptors (Lipinski definition) is 68. The first-order valence-corrected chi connectivity index (χ1v) is 153. The SMILES string of the molecule is S=S(=S)(I)S(=S)(=S)S(=S)(=S)S(=S)(=S)S(=S)(=S)S(=S)(=S)S(=S)(=S)S(=S)(=S)S(=S)(=S)S(=S)(=S)S(=S)(=S)S(=S)(=S)S(=S)(=S)S(=S)(=S)S(=S)(=S)S(=S)(=S)S(=S)(=S)S(=S)(=S)S(=S)(=S)S(=S)(=S)S(=S)(=S)S(=S)(=S)S(=S)(=S)S(=S)(=S)S(=S)(=S)S(=S)(=S)S(=S)(=S)S(=S)(=S)S(=S)(=S)S(=S)(=S)S(=S)(=S)S(=S)(=S)S(=S)(=S)SS. The zero-order chi connectivity index (χ0) is 85.2.